The topological polar surface area (TPSA) is 46.3 Å². The summed E-state index contributed by atoms with van der Waals surface area (Å²) in [6, 6.07) is 0.193. The number of allylic oxidation sites excluding steroid dienone is 1. The third-order valence-corrected chi connectivity index (χ3v) is 2.67. The molecule has 1 heterocycles. The van der Waals surface area contributed by atoms with E-state index in [0.29, 0.717) is 5.92 Å². The van der Waals surface area contributed by atoms with Gasteiger partial charge in [0.05, 0.1) is 0 Å². The first-order valence-electron chi connectivity index (χ1n) is 4.98. The van der Waals surface area contributed by atoms with Crippen LogP contribution < -0.4 is 5.73 Å². The molecule has 0 bridgehead atoms. The molecular formula is C10H16N2O. The van der Waals surface area contributed by atoms with Crippen LogP contribution in [-0.2, 0) is 4.79 Å². The molecule has 1 atom stereocenters. The van der Waals surface area contributed by atoms with Gasteiger partial charge in [0.15, 0.2) is 0 Å². The standard InChI is InChI=1S/C10H16N2O/c11-9-5-6-12(7-9)10(13)4-3-8-1-2-8/h3-4,8-9H,1-2,5-7,11H2/b4-3+. The lowest BCUT2D eigenvalue weighted by Crippen LogP contribution is -2.30. The van der Waals surface area contributed by atoms with E-state index < -0.39 is 0 Å². The Balaban J connectivity index is 1.82. The van der Waals surface area contributed by atoms with Gasteiger partial charge >= 0.3 is 0 Å². The molecule has 13 heavy (non-hydrogen) atoms. The molecule has 2 rings (SSSR count). The quantitative estimate of drug-likeness (QED) is 0.629. The van der Waals surface area contributed by atoms with Gasteiger partial charge in [-0.2, -0.15) is 0 Å². The Morgan fingerprint density at radius 3 is 2.69 bits per heavy atom. The molecule has 0 aromatic rings. The Labute approximate surface area is 78.6 Å². The van der Waals surface area contributed by atoms with E-state index >= 15 is 0 Å². The molecule has 3 heteroatoms. The zero-order valence-electron chi connectivity index (χ0n) is 7.78. The zero-order chi connectivity index (χ0) is 9.26. The third kappa shape index (κ3) is 2.31. The largest absolute Gasteiger partial charge is 0.338 e. The summed E-state index contributed by atoms with van der Waals surface area (Å²) in [6.07, 6.45) is 7.21. The number of carbonyl (C=O) groups excluding carboxylic acids is 1. The van der Waals surface area contributed by atoms with Gasteiger partial charge in [0.1, 0.15) is 0 Å². The lowest BCUT2D eigenvalue weighted by atomic mass is 10.3. The molecule has 0 radical (unpaired) electrons. The Hall–Kier alpha value is -0.830. The fraction of sp³-hybridized carbons (Fsp3) is 0.700. The van der Waals surface area contributed by atoms with Crippen LogP contribution in [0.4, 0.5) is 0 Å². The van der Waals surface area contributed by atoms with Crippen LogP contribution in [-0.4, -0.2) is 29.9 Å². The van der Waals surface area contributed by atoms with Gasteiger partial charge in [-0.15, -0.1) is 0 Å². The summed E-state index contributed by atoms with van der Waals surface area (Å²) in [6.45, 7) is 1.56. The average Bonchev–Trinajstić information content (AvgIpc) is 2.84. The molecule has 2 aliphatic rings. The molecular weight excluding hydrogens is 164 g/mol. The first kappa shape index (κ1) is 8.75. The highest BCUT2D eigenvalue weighted by Crippen LogP contribution is 2.30. The Morgan fingerprint density at radius 1 is 1.38 bits per heavy atom. The van der Waals surface area contributed by atoms with E-state index in [1.165, 1.54) is 12.8 Å². The first-order chi connectivity index (χ1) is 6.25. The van der Waals surface area contributed by atoms with Crippen LogP contribution in [0.15, 0.2) is 12.2 Å². The van der Waals surface area contributed by atoms with Gasteiger partial charge in [-0.05, 0) is 31.3 Å². The van der Waals surface area contributed by atoms with E-state index in [9.17, 15) is 4.79 Å². The van der Waals surface area contributed by atoms with Gasteiger partial charge in [-0.25, -0.2) is 0 Å². The number of likely N-dealkylation sites (tertiary alicyclic amines) is 1. The first-order valence-corrected chi connectivity index (χ1v) is 4.98. The molecule has 72 valence electrons. The van der Waals surface area contributed by atoms with Crippen molar-refractivity contribution < 1.29 is 4.79 Å². The van der Waals surface area contributed by atoms with Crippen molar-refractivity contribution in [3.63, 3.8) is 0 Å². The summed E-state index contributed by atoms with van der Waals surface area (Å²) in [7, 11) is 0. The second-order valence-electron chi connectivity index (χ2n) is 4.03. The second-order valence-corrected chi connectivity index (χ2v) is 4.03. The van der Waals surface area contributed by atoms with Gasteiger partial charge in [-0.1, -0.05) is 6.08 Å². The van der Waals surface area contributed by atoms with Gasteiger partial charge in [-0.3, -0.25) is 4.79 Å². The van der Waals surface area contributed by atoms with E-state index in [-0.39, 0.29) is 11.9 Å². The molecule has 1 amide bonds. The molecule has 1 saturated carbocycles. The van der Waals surface area contributed by atoms with Crippen LogP contribution in [0.3, 0.4) is 0 Å². The highest BCUT2D eigenvalue weighted by atomic mass is 16.2. The molecule has 1 saturated heterocycles. The fourth-order valence-electron chi connectivity index (χ4n) is 1.60. The second kappa shape index (κ2) is 3.50. The summed E-state index contributed by atoms with van der Waals surface area (Å²) < 4.78 is 0. The van der Waals surface area contributed by atoms with Crippen molar-refractivity contribution in [3.8, 4) is 0 Å². The number of hydrogen-bond acceptors (Lipinski definition) is 2. The number of nitrogens with zero attached hydrogens (tertiary/aromatic N) is 1. The fourth-order valence-corrected chi connectivity index (χ4v) is 1.60. The van der Waals surface area contributed by atoms with Crippen LogP contribution in [0.2, 0.25) is 0 Å². The molecule has 1 aliphatic carbocycles. The van der Waals surface area contributed by atoms with Gasteiger partial charge in [0.25, 0.3) is 0 Å². The van der Waals surface area contributed by atoms with Gasteiger partial charge < -0.3 is 10.6 Å². The minimum Gasteiger partial charge on any atom is -0.338 e. The lowest BCUT2D eigenvalue weighted by molar-refractivity contribution is -0.125. The van der Waals surface area contributed by atoms with Crippen LogP contribution in [0.25, 0.3) is 0 Å². The van der Waals surface area contributed by atoms with Crippen molar-refractivity contribution in [2.45, 2.75) is 25.3 Å². The van der Waals surface area contributed by atoms with Crippen molar-refractivity contribution in [1.82, 2.24) is 4.90 Å². The molecule has 3 nitrogen and oxygen atoms in total. The van der Waals surface area contributed by atoms with Crippen molar-refractivity contribution in [2.24, 2.45) is 11.7 Å². The van der Waals surface area contributed by atoms with Gasteiger partial charge in [0.2, 0.25) is 5.91 Å². The van der Waals surface area contributed by atoms with Crippen LogP contribution >= 0.6 is 0 Å². The summed E-state index contributed by atoms with van der Waals surface area (Å²) in [5.74, 6) is 0.820. The Bertz CT molecular complexity index is 233. The Kier molecular flexibility index (Phi) is 2.36. The predicted octanol–water partition coefficient (Wildman–Crippen LogP) is 0.512. The molecule has 2 N–H and O–H groups in total. The molecule has 2 fully saturated rings. The maximum Gasteiger partial charge on any atom is 0.246 e. The molecule has 0 aromatic carbocycles. The monoisotopic (exact) mass is 180 g/mol. The minimum atomic E-state index is 0.139. The Morgan fingerprint density at radius 2 is 2.15 bits per heavy atom. The maximum atomic E-state index is 11.5. The predicted molar refractivity (Wildman–Crippen MR) is 51.0 cm³/mol. The SMILES string of the molecule is NC1CCN(C(=O)/C=C/C2CC2)C1. The molecule has 0 spiro atoms. The number of rotatable bonds is 2. The van der Waals surface area contributed by atoms with Crippen molar-refractivity contribution in [3.05, 3.63) is 12.2 Å². The van der Waals surface area contributed by atoms with Crippen molar-refractivity contribution in [2.75, 3.05) is 13.1 Å². The highest BCUT2D eigenvalue weighted by molar-refractivity contribution is 5.87. The smallest absolute Gasteiger partial charge is 0.246 e. The lowest BCUT2D eigenvalue weighted by Gasteiger charge is -2.12. The van der Waals surface area contributed by atoms with Crippen LogP contribution in [0.1, 0.15) is 19.3 Å². The van der Waals surface area contributed by atoms with E-state index in [1.807, 2.05) is 11.0 Å². The summed E-state index contributed by atoms with van der Waals surface area (Å²) in [5, 5.41) is 0. The normalized spacial score (nSPS) is 28.7. The summed E-state index contributed by atoms with van der Waals surface area (Å²) in [5.41, 5.74) is 5.71. The summed E-state index contributed by atoms with van der Waals surface area (Å²) in [4.78, 5) is 13.3. The highest BCUT2D eigenvalue weighted by Gasteiger charge is 2.23. The number of nitrogens with two attached hydrogens (primary N) is 1. The maximum absolute atomic E-state index is 11.5. The van der Waals surface area contributed by atoms with E-state index in [0.717, 1.165) is 19.5 Å². The minimum absolute atomic E-state index is 0.139. The van der Waals surface area contributed by atoms with Crippen molar-refractivity contribution in [1.29, 1.82) is 0 Å². The molecule has 1 aliphatic heterocycles. The molecule has 0 aromatic heterocycles. The van der Waals surface area contributed by atoms with Crippen LogP contribution in [0.5, 0.6) is 0 Å². The van der Waals surface area contributed by atoms with Crippen molar-refractivity contribution >= 4 is 5.91 Å². The number of carbonyl (C=O) groups is 1. The van der Waals surface area contributed by atoms with E-state index in [4.69, 9.17) is 5.73 Å². The zero-order valence-corrected chi connectivity index (χ0v) is 7.78. The van der Waals surface area contributed by atoms with Crippen LogP contribution in [0, 0.1) is 5.92 Å². The van der Waals surface area contributed by atoms with E-state index in [2.05, 4.69) is 0 Å². The molecule has 1 unspecified atom stereocenters. The summed E-state index contributed by atoms with van der Waals surface area (Å²) >= 11 is 0. The number of hydrogen-bond donors (Lipinski definition) is 1. The number of amides is 1. The van der Waals surface area contributed by atoms with Gasteiger partial charge in [0, 0.05) is 19.1 Å². The van der Waals surface area contributed by atoms with E-state index in [1.54, 1.807) is 6.08 Å². The third-order valence-electron chi connectivity index (χ3n) is 2.67. The average molecular weight is 180 g/mol.